The monoisotopic (exact) mass is 2120 g/mol. The number of hydrogen-bond donors (Lipinski definition) is 9. The zero-order chi connectivity index (χ0) is 97.1. The molecule has 37 nitrogen and oxygen atoms in total. The van der Waals surface area contributed by atoms with Crippen molar-refractivity contribution in [1.82, 2.24) is 44.0 Å². The zero-order valence-electron chi connectivity index (χ0n) is 67.7. The highest BCUT2D eigenvalue weighted by atomic mass is 36.0. The molecule has 0 saturated carbocycles. The van der Waals surface area contributed by atoms with E-state index in [1.165, 1.54) is 141 Å². The number of nitrogens with one attached hydrogen (secondary N) is 4. The molecule has 5 aromatic carbocycles. The van der Waals surface area contributed by atoms with Crippen LogP contribution >= 0.6 is 149 Å². The second kappa shape index (κ2) is 59.4. The third-order valence-electron chi connectivity index (χ3n) is 16.8. The zero-order valence-corrected chi connectivity index (χ0v) is 80.7. The van der Waals surface area contributed by atoms with E-state index in [-0.39, 0.29) is 161 Å². The number of aromatic carboxylic acids is 1. The first-order chi connectivity index (χ1) is 59.0. The number of carbonyl (C=O) groups is 13. The molecule has 4 atom stereocenters. The van der Waals surface area contributed by atoms with Crippen molar-refractivity contribution < 1.29 is 126 Å². The van der Waals surface area contributed by atoms with Crippen LogP contribution in [0.3, 0.4) is 0 Å². The van der Waals surface area contributed by atoms with Crippen molar-refractivity contribution >= 4 is 265 Å². The second-order valence-corrected chi connectivity index (χ2v) is 38.8. The number of carboxylic acids is 4. The van der Waals surface area contributed by atoms with Gasteiger partial charge in [0.1, 0.15) is 24.2 Å². The number of methoxy groups -OCH3 is 3. The lowest BCUT2D eigenvalue weighted by atomic mass is 10.1. The quantitative estimate of drug-likeness (QED) is 0.0134. The van der Waals surface area contributed by atoms with Gasteiger partial charge in [0, 0.05) is 148 Å². The fourth-order valence-electron chi connectivity index (χ4n) is 10.0. The molecule has 0 radical (unpaired) electrons. The molecular weight excluding hydrogens is 2040 g/mol. The Hall–Kier alpha value is -7.02. The highest BCUT2D eigenvalue weighted by molar-refractivity contribution is 8.26. The van der Waals surface area contributed by atoms with E-state index >= 15 is 0 Å². The van der Waals surface area contributed by atoms with Crippen LogP contribution < -0.4 is 27.0 Å². The summed E-state index contributed by atoms with van der Waals surface area (Å²) in [5, 5.41) is 47.6. The summed E-state index contributed by atoms with van der Waals surface area (Å²) in [5.41, 5.74) is 6.16. The first-order valence-electron chi connectivity index (χ1n) is 36.1. The number of aliphatic carboxylic acids is 3. The van der Waals surface area contributed by atoms with Crippen molar-refractivity contribution in [3.05, 3.63) is 169 Å². The van der Waals surface area contributed by atoms with Gasteiger partial charge in [-0.2, -0.15) is 12.9 Å². The molecule has 706 valence electrons. The Labute approximate surface area is 797 Å². The molecular formula is C73H87Cl13N10O27S4. The first-order valence-corrected chi connectivity index (χ1v) is 48.6. The van der Waals surface area contributed by atoms with Crippen molar-refractivity contribution in [1.29, 1.82) is 0 Å². The second-order valence-electron chi connectivity index (χ2n) is 25.9. The molecule has 5 amide bonds. The summed E-state index contributed by atoms with van der Waals surface area (Å²) in [6, 6.07) is 17.1. The number of nitrogens with two attached hydrogens (primary N) is 1. The molecule has 3 aliphatic rings. The van der Waals surface area contributed by atoms with Gasteiger partial charge in [0.25, 0.3) is 23.0 Å². The summed E-state index contributed by atoms with van der Waals surface area (Å²) < 4.78 is 94.7. The third-order valence-corrected chi connectivity index (χ3v) is 24.7. The van der Waals surface area contributed by atoms with Crippen molar-refractivity contribution in [2.24, 2.45) is 5.73 Å². The van der Waals surface area contributed by atoms with Gasteiger partial charge >= 0.3 is 41.8 Å². The lowest BCUT2D eigenvalue weighted by Gasteiger charge is -2.35. The summed E-state index contributed by atoms with van der Waals surface area (Å²) in [6.07, 6.45) is 2.96. The first kappa shape index (κ1) is 118. The van der Waals surface area contributed by atoms with E-state index in [1.54, 1.807) is 0 Å². The molecule has 0 aliphatic carbocycles. The van der Waals surface area contributed by atoms with Gasteiger partial charge in [0.2, 0.25) is 51.1 Å². The minimum atomic E-state index is -3.35. The normalized spacial score (nSPS) is 14.2. The van der Waals surface area contributed by atoms with Gasteiger partial charge < -0.3 is 71.4 Å². The number of sulfonamides is 3. The maximum absolute atomic E-state index is 13.0. The van der Waals surface area contributed by atoms with Gasteiger partial charge in [-0.15, -0.1) is 0 Å². The molecule has 3 aliphatic heterocycles. The topological polar surface area (TPSA) is 540 Å². The lowest BCUT2D eigenvalue weighted by molar-refractivity contribution is -0.143. The molecule has 0 unspecified atom stereocenters. The lowest BCUT2D eigenvalue weighted by Crippen LogP contribution is -2.55. The summed E-state index contributed by atoms with van der Waals surface area (Å²) in [6.45, 7) is 4.03. The summed E-state index contributed by atoms with van der Waals surface area (Å²) in [7, 11) is 1.41. The Morgan fingerprint density at radius 3 is 0.921 bits per heavy atom. The molecule has 0 aromatic heterocycles. The molecule has 8 rings (SSSR count). The number of amides is 5. The third kappa shape index (κ3) is 47.1. The molecule has 0 spiro atoms. The predicted octanol–water partition coefficient (Wildman–Crippen LogP) is 9.65. The fraction of sp³-hybridized carbons (Fsp3) is 0.411. The highest BCUT2D eigenvalue weighted by Crippen LogP contribution is 2.28. The molecule has 0 bridgehead atoms. The Bertz CT molecular complexity index is 4980. The Balaban J connectivity index is 0.000000768. The van der Waals surface area contributed by atoms with E-state index in [9.17, 15) is 87.6 Å². The summed E-state index contributed by atoms with van der Waals surface area (Å²) in [5.74, 6) is -8.60. The smallest absolute Gasteiger partial charge is 0.335 e. The largest absolute Gasteiger partial charge is 0.481 e. The predicted molar refractivity (Wildman–Crippen MR) is 482 cm³/mol. The standard InChI is InChI=1S/C18H23Cl2N3O6S.C17H21Cl2N3O6S.C13H13Cl2NO5.C7H3Cl3O.C7H4Cl2O2.C6H11NO4.C5H12N2O2S.Cl2OS/c1-29-16(24)6-5-15(21-17(25)12-3-4-13(19)14(20)11-12)18(26)22-7-9-23(10-8-22)30(2,27)28;1-29(27,28)22-8-6-21(7-9-22)17(26)14(4-5-15(23)24)20-16(25)11-2-3-12(18)13(19)10-11;1-21-11(17)5-4-10(13(19)20)16-12(18)7-2-3-8(14)9(15)6-7;2*8-5-2-1-4(7(10)11)3-6(5)9;1-11-5(8)3-2-4(7)6(9)10;1-10(8,9)7-4-2-6-3-5-7;1-4(2)3/h3-4,11,15H,5-10H2,1-2H3,(H,21,25);2-3,10,14H,4-9H2,1H3,(H,20,25)(H,23,24);2-3,6,10H,4-5H2,1H3,(H,16,18)(H,19,20);1-3H;1-3H,(H,10,11);4H,2-3,7H2,1H3,(H,9,10);6H,2-5H2,1H3;/t15-;14-;10-;;;4-;;/m000..0../s1. The Morgan fingerprint density at radius 2 is 0.661 bits per heavy atom. The summed E-state index contributed by atoms with van der Waals surface area (Å²) in [4.78, 5) is 152. The van der Waals surface area contributed by atoms with E-state index in [0.717, 1.165) is 25.6 Å². The number of rotatable bonds is 27. The molecule has 10 N–H and O–H groups in total. The molecule has 127 heavy (non-hydrogen) atoms. The van der Waals surface area contributed by atoms with E-state index in [1.807, 2.05) is 0 Å². The number of carbonyl (C=O) groups excluding carboxylic acids is 9. The van der Waals surface area contributed by atoms with E-state index in [4.69, 9.17) is 158 Å². The van der Waals surface area contributed by atoms with Gasteiger partial charge in [-0.05, 0) is 128 Å². The van der Waals surface area contributed by atoms with Crippen molar-refractivity contribution in [3.63, 3.8) is 0 Å². The van der Waals surface area contributed by atoms with E-state index in [2.05, 4.69) is 56.8 Å². The van der Waals surface area contributed by atoms with Gasteiger partial charge in [0.05, 0.1) is 95.9 Å². The minimum absolute atomic E-state index is 0.0326. The van der Waals surface area contributed by atoms with Crippen LogP contribution in [0.25, 0.3) is 0 Å². The molecule has 3 fully saturated rings. The van der Waals surface area contributed by atoms with Gasteiger partial charge in [-0.25, -0.2) is 39.1 Å². The average molecular weight is 2130 g/mol. The SMILES string of the molecule is COC(=O)CC[C@H](N)C(=O)O.COC(=O)CC[C@H](NC(=O)c1ccc(Cl)c(Cl)c1)C(=O)N1CCN(S(C)(=O)=O)CC1.COC(=O)CC[C@H](NC(=O)c1ccc(Cl)c(Cl)c1)C(=O)O.CS(=O)(=O)N1CCN(C(=O)[C@H](CCC(=O)O)NC(=O)c2ccc(Cl)c(Cl)c2)CC1.CS(=O)(=O)N1CCNCC1.O=C(Cl)c1ccc(Cl)c(Cl)c1.O=C(O)c1ccc(Cl)c(Cl)c1.O=S(Cl)Cl. The number of carboxylic acid groups (broad SMARTS) is 4. The van der Waals surface area contributed by atoms with Crippen LogP contribution in [-0.2, 0) is 91.9 Å². The van der Waals surface area contributed by atoms with Crippen LogP contribution in [0.4, 0.5) is 0 Å². The number of ether oxygens (including phenoxy) is 3. The number of halogens is 13. The van der Waals surface area contributed by atoms with E-state index in [0.29, 0.717) is 33.7 Å². The van der Waals surface area contributed by atoms with Crippen molar-refractivity contribution in [2.45, 2.75) is 75.5 Å². The van der Waals surface area contributed by atoms with Crippen LogP contribution in [-0.4, -0.2) is 292 Å². The number of piperazine rings is 3. The maximum Gasteiger partial charge on any atom is 0.335 e. The maximum atomic E-state index is 13.0. The summed E-state index contributed by atoms with van der Waals surface area (Å²) >= 11 is 62.6. The molecule has 5 aromatic rings. The highest BCUT2D eigenvalue weighted by Gasteiger charge is 2.34. The van der Waals surface area contributed by atoms with Gasteiger partial charge in [-0.1, -0.05) is 116 Å². The number of benzene rings is 5. The van der Waals surface area contributed by atoms with Crippen LogP contribution in [0.5, 0.6) is 0 Å². The van der Waals surface area contributed by atoms with Gasteiger partial charge in [0.15, 0.2) is 0 Å². The number of nitrogens with zero attached hydrogens (tertiary/aromatic N) is 5. The number of esters is 3. The minimum Gasteiger partial charge on any atom is -0.481 e. The van der Waals surface area contributed by atoms with Crippen molar-refractivity contribution in [2.75, 3.05) is 119 Å². The van der Waals surface area contributed by atoms with Gasteiger partial charge in [-0.3, -0.25) is 52.7 Å². The Kier molecular flexibility index (Phi) is 55.2. The van der Waals surface area contributed by atoms with Crippen LogP contribution in [0.1, 0.15) is 103 Å². The fourth-order valence-corrected chi connectivity index (χ4v) is 14.2. The van der Waals surface area contributed by atoms with Crippen molar-refractivity contribution in [3.8, 4) is 0 Å². The van der Waals surface area contributed by atoms with Crippen LogP contribution in [0.15, 0.2) is 91.0 Å². The molecule has 3 heterocycles. The average Bonchev–Trinajstić information content (AvgIpc) is 0.828. The van der Waals surface area contributed by atoms with E-state index < -0.39 is 140 Å². The number of hydrogen-bond acceptors (Lipinski definition) is 25. The van der Waals surface area contributed by atoms with Crippen LogP contribution in [0, 0.1) is 0 Å². The van der Waals surface area contributed by atoms with Crippen LogP contribution in [0.2, 0.25) is 50.2 Å². The Morgan fingerprint density at radius 1 is 0.402 bits per heavy atom. The molecule has 54 heteroatoms. The molecule has 3 saturated heterocycles.